The second-order valence-corrected chi connectivity index (χ2v) is 5.39. The zero-order valence-corrected chi connectivity index (χ0v) is 11.0. The van der Waals surface area contributed by atoms with Crippen molar-refractivity contribution in [1.82, 2.24) is 0 Å². The Hall–Kier alpha value is -0.820. The third kappa shape index (κ3) is 3.64. The molecule has 0 heterocycles. The predicted molar refractivity (Wildman–Crippen MR) is 71.8 cm³/mol. The van der Waals surface area contributed by atoms with Gasteiger partial charge in [-0.15, -0.1) is 0 Å². The SMILES string of the molecule is CC(C)C[C@H](CN)c1cccc(C(C)C)c1. The van der Waals surface area contributed by atoms with Gasteiger partial charge in [0.05, 0.1) is 0 Å². The molecule has 0 saturated carbocycles. The van der Waals surface area contributed by atoms with Crippen molar-refractivity contribution in [3.8, 4) is 0 Å². The fourth-order valence-electron chi connectivity index (χ4n) is 2.11. The Bertz CT molecular complexity index is 315. The van der Waals surface area contributed by atoms with E-state index in [1.165, 1.54) is 17.5 Å². The van der Waals surface area contributed by atoms with E-state index in [-0.39, 0.29) is 0 Å². The fraction of sp³-hybridized carbons (Fsp3) is 0.600. The summed E-state index contributed by atoms with van der Waals surface area (Å²) in [5.74, 6) is 1.81. The van der Waals surface area contributed by atoms with Gasteiger partial charge in [0.15, 0.2) is 0 Å². The molecule has 0 aliphatic rings. The van der Waals surface area contributed by atoms with Gasteiger partial charge in [0.25, 0.3) is 0 Å². The van der Waals surface area contributed by atoms with Crippen molar-refractivity contribution < 1.29 is 0 Å². The lowest BCUT2D eigenvalue weighted by Crippen LogP contribution is -2.14. The van der Waals surface area contributed by atoms with E-state index in [0.29, 0.717) is 17.8 Å². The molecule has 1 heteroatoms. The monoisotopic (exact) mass is 219 g/mol. The molecule has 0 aliphatic carbocycles. The zero-order valence-electron chi connectivity index (χ0n) is 11.0. The molecule has 0 saturated heterocycles. The Morgan fingerprint density at radius 3 is 2.19 bits per heavy atom. The van der Waals surface area contributed by atoms with Crippen LogP contribution >= 0.6 is 0 Å². The topological polar surface area (TPSA) is 26.0 Å². The zero-order chi connectivity index (χ0) is 12.1. The summed E-state index contributed by atoms with van der Waals surface area (Å²) >= 11 is 0. The highest BCUT2D eigenvalue weighted by Gasteiger charge is 2.12. The predicted octanol–water partition coefficient (Wildman–Crippen LogP) is 3.90. The number of benzene rings is 1. The quantitative estimate of drug-likeness (QED) is 0.798. The van der Waals surface area contributed by atoms with Crippen molar-refractivity contribution in [3.05, 3.63) is 35.4 Å². The molecule has 16 heavy (non-hydrogen) atoms. The molecule has 90 valence electrons. The van der Waals surface area contributed by atoms with Crippen LogP contribution < -0.4 is 5.73 Å². The van der Waals surface area contributed by atoms with Gasteiger partial charge in [-0.25, -0.2) is 0 Å². The van der Waals surface area contributed by atoms with Crippen molar-refractivity contribution in [2.75, 3.05) is 6.54 Å². The first-order valence-electron chi connectivity index (χ1n) is 6.34. The summed E-state index contributed by atoms with van der Waals surface area (Å²) in [6, 6.07) is 8.90. The Kier molecular flexibility index (Phi) is 5.01. The summed E-state index contributed by atoms with van der Waals surface area (Å²) in [5.41, 5.74) is 8.70. The fourth-order valence-corrected chi connectivity index (χ4v) is 2.11. The molecule has 2 N–H and O–H groups in total. The van der Waals surface area contributed by atoms with Crippen molar-refractivity contribution in [2.24, 2.45) is 11.7 Å². The molecule has 1 aromatic carbocycles. The lowest BCUT2D eigenvalue weighted by Gasteiger charge is -2.19. The van der Waals surface area contributed by atoms with E-state index >= 15 is 0 Å². The number of rotatable bonds is 5. The van der Waals surface area contributed by atoms with Gasteiger partial charge < -0.3 is 5.73 Å². The summed E-state index contributed by atoms with van der Waals surface area (Å²) in [6.07, 6.45) is 1.18. The van der Waals surface area contributed by atoms with Gasteiger partial charge in [0.2, 0.25) is 0 Å². The molecule has 1 atom stereocenters. The molecule has 0 bridgehead atoms. The molecule has 1 aromatic rings. The van der Waals surface area contributed by atoms with Crippen LogP contribution in [0.3, 0.4) is 0 Å². The van der Waals surface area contributed by atoms with Crippen molar-refractivity contribution in [2.45, 2.75) is 46.0 Å². The largest absolute Gasteiger partial charge is 0.330 e. The first-order valence-corrected chi connectivity index (χ1v) is 6.34. The van der Waals surface area contributed by atoms with E-state index in [9.17, 15) is 0 Å². The van der Waals surface area contributed by atoms with Gasteiger partial charge >= 0.3 is 0 Å². The van der Waals surface area contributed by atoms with Crippen LogP contribution in [0.15, 0.2) is 24.3 Å². The molecule has 0 spiro atoms. The summed E-state index contributed by atoms with van der Waals surface area (Å²) in [4.78, 5) is 0. The maximum Gasteiger partial charge on any atom is -0.000814 e. The molecular formula is C15H25N. The molecule has 0 aliphatic heterocycles. The van der Waals surface area contributed by atoms with Gasteiger partial charge in [-0.05, 0) is 41.8 Å². The van der Waals surface area contributed by atoms with Gasteiger partial charge in [-0.2, -0.15) is 0 Å². The molecule has 1 nitrogen and oxygen atoms in total. The summed E-state index contributed by atoms with van der Waals surface area (Å²) in [7, 11) is 0. The first-order chi connectivity index (χ1) is 7.54. The van der Waals surface area contributed by atoms with Crippen LogP contribution in [0.25, 0.3) is 0 Å². The van der Waals surface area contributed by atoms with E-state index in [1.54, 1.807) is 0 Å². The van der Waals surface area contributed by atoms with Crippen LogP contribution in [-0.2, 0) is 0 Å². The smallest absolute Gasteiger partial charge is 0.000814 e. The standard InChI is InChI=1S/C15H25N/c1-11(2)8-15(10-16)14-7-5-6-13(9-14)12(3)4/h5-7,9,11-12,15H,8,10,16H2,1-4H3/t15-/m1/s1. The third-order valence-corrected chi connectivity index (χ3v) is 3.09. The highest BCUT2D eigenvalue weighted by Crippen LogP contribution is 2.25. The van der Waals surface area contributed by atoms with Crippen LogP contribution in [0.2, 0.25) is 0 Å². The van der Waals surface area contributed by atoms with Gasteiger partial charge in [-0.1, -0.05) is 52.0 Å². The van der Waals surface area contributed by atoms with Crippen LogP contribution in [-0.4, -0.2) is 6.54 Å². The van der Waals surface area contributed by atoms with Crippen LogP contribution in [0.5, 0.6) is 0 Å². The number of nitrogens with two attached hydrogens (primary N) is 1. The van der Waals surface area contributed by atoms with Crippen molar-refractivity contribution in [3.63, 3.8) is 0 Å². The molecule has 0 radical (unpaired) electrons. The van der Waals surface area contributed by atoms with Gasteiger partial charge in [-0.3, -0.25) is 0 Å². The molecular weight excluding hydrogens is 194 g/mol. The van der Waals surface area contributed by atoms with Crippen LogP contribution in [0, 0.1) is 5.92 Å². The minimum Gasteiger partial charge on any atom is -0.330 e. The molecule has 0 unspecified atom stereocenters. The van der Waals surface area contributed by atoms with E-state index < -0.39 is 0 Å². The number of hydrogen-bond acceptors (Lipinski definition) is 1. The van der Waals surface area contributed by atoms with Gasteiger partial charge in [0.1, 0.15) is 0 Å². The normalized spacial score (nSPS) is 13.4. The Morgan fingerprint density at radius 2 is 1.69 bits per heavy atom. The maximum absolute atomic E-state index is 5.88. The van der Waals surface area contributed by atoms with E-state index in [1.807, 2.05) is 0 Å². The molecule has 0 fully saturated rings. The Morgan fingerprint density at radius 1 is 1.06 bits per heavy atom. The maximum atomic E-state index is 5.88. The minimum atomic E-state index is 0.513. The van der Waals surface area contributed by atoms with E-state index in [2.05, 4.69) is 52.0 Å². The average Bonchev–Trinajstić information content (AvgIpc) is 2.25. The minimum absolute atomic E-state index is 0.513. The van der Waals surface area contributed by atoms with Crippen LogP contribution in [0.1, 0.15) is 57.1 Å². The highest BCUT2D eigenvalue weighted by atomic mass is 14.5. The third-order valence-electron chi connectivity index (χ3n) is 3.09. The molecule has 0 amide bonds. The lowest BCUT2D eigenvalue weighted by atomic mass is 9.88. The average molecular weight is 219 g/mol. The molecule has 1 rings (SSSR count). The first kappa shape index (κ1) is 13.2. The van der Waals surface area contributed by atoms with Gasteiger partial charge in [0, 0.05) is 0 Å². The Labute approximate surface area is 100 Å². The highest BCUT2D eigenvalue weighted by molar-refractivity contribution is 5.28. The Balaban J connectivity index is 2.87. The van der Waals surface area contributed by atoms with Crippen LogP contribution in [0.4, 0.5) is 0 Å². The van der Waals surface area contributed by atoms with Crippen molar-refractivity contribution in [1.29, 1.82) is 0 Å². The summed E-state index contributed by atoms with van der Waals surface area (Å²) < 4.78 is 0. The molecule has 0 aromatic heterocycles. The van der Waals surface area contributed by atoms with Crippen molar-refractivity contribution >= 4 is 0 Å². The van der Waals surface area contributed by atoms with E-state index in [4.69, 9.17) is 5.73 Å². The lowest BCUT2D eigenvalue weighted by molar-refractivity contribution is 0.504. The summed E-state index contributed by atoms with van der Waals surface area (Å²) in [5, 5.41) is 0. The number of hydrogen-bond donors (Lipinski definition) is 1. The summed E-state index contributed by atoms with van der Waals surface area (Å²) in [6.45, 7) is 9.74. The van der Waals surface area contributed by atoms with E-state index in [0.717, 1.165) is 6.54 Å². The second kappa shape index (κ2) is 6.05. The second-order valence-electron chi connectivity index (χ2n) is 5.39.